The van der Waals surface area contributed by atoms with Gasteiger partial charge in [-0.25, -0.2) is 8.42 Å². The van der Waals surface area contributed by atoms with Gasteiger partial charge in [0.1, 0.15) is 5.75 Å². The van der Waals surface area contributed by atoms with E-state index < -0.39 is 10.0 Å². The van der Waals surface area contributed by atoms with Crippen molar-refractivity contribution in [1.29, 1.82) is 0 Å². The van der Waals surface area contributed by atoms with Crippen molar-refractivity contribution in [3.05, 3.63) is 53.6 Å². The molecule has 1 amide bonds. The summed E-state index contributed by atoms with van der Waals surface area (Å²) in [6.07, 6.45) is 1.18. The fraction of sp³-hybridized carbons (Fsp3) is 0.316. The lowest BCUT2D eigenvalue weighted by atomic mass is 10.1. The van der Waals surface area contributed by atoms with Crippen LogP contribution in [0.2, 0.25) is 0 Å². The summed E-state index contributed by atoms with van der Waals surface area (Å²) in [7, 11) is -1.92. The summed E-state index contributed by atoms with van der Waals surface area (Å²) in [5, 5.41) is 0. The topological polar surface area (TPSA) is 75.7 Å². The summed E-state index contributed by atoms with van der Waals surface area (Å²) >= 11 is 0. The van der Waals surface area contributed by atoms with Gasteiger partial charge in [0.15, 0.2) is 0 Å². The molecule has 7 heteroatoms. The average Bonchev–Trinajstić information content (AvgIpc) is 3.03. The molecule has 1 heterocycles. The van der Waals surface area contributed by atoms with Crippen LogP contribution >= 0.6 is 0 Å². The van der Waals surface area contributed by atoms with Crippen molar-refractivity contribution in [2.24, 2.45) is 0 Å². The minimum atomic E-state index is -3.50. The number of methoxy groups -OCH3 is 1. The van der Waals surface area contributed by atoms with E-state index in [4.69, 9.17) is 4.74 Å². The molecule has 1 aliphatic rings. The van der Waals surface area contributed by atoms with Crippen molar-refractivity contribution in [2.45, 2.75) is 19.8 Å². The predicted octanol–water partition coefficient (Wildman–Crippen LogP) is 2.59. The molecule has 2 aromatic rings. The number of carbonyl (C=O) groups is 1. The standard InChI is InChI=1S/C19H22N2O4S/c1-14(22)21-10-8-16-6-7-17(13-19(16)21)20-26(23,24)11-9-15-4-3-5-18(12-15)25-2/h3-7,12-13,20H,8-11H2,1-2H3. The van der Waals surface area contributed by atoms with Gasteiger partial charge in [0, 0.05) is 19.2 Å². The molecule has 1 N–H and O–H groups in total. The number of fused-ring (bicyclic) bond motifs is 1. The van der Waals surface area contributed by atoms with Gasteiger partial charge in [0.2, 0.25) is 15.9 Å². The molecular weight excluding hydrogens is 352 g/mol. The summed E-state index contributed by atoms with van der Waals surface area (Å²) in [6.45, 7) is 2.15. The number of carbonyl (C=O) groups excluding carboxylic acids is 1. The third kappa shape index (κ3) is 4.16. The normalized spacial score (nSPS) is 13.4. The average molecular weight is 374 g/mol. The van der Waals surface area contributed by atoms with Crippen molar-refractivity contribution in [2.75, 3.05) is 29.0 Å². The van der Waals surface area contributed by atoms with E-state index in [2.05, 4.69) is 4.72 Å². The third-order valence-electron chi connectivity index (χ3n) is 4.43. The predicted molar refractivity (Wildman–Crippen MR) is 102 cm³/mol. The van der Waals surface area contributed by atoms with Gasteiger partial charge < -0.3 is 9.64 Å². The number of ether oxygens (including phenoxy) is 1. The zero-order chi connectivity index (χ0) is 18.7. The van der Waals surface area contributed by atoms with Gasteiger partial charge in [-0.1, -0.05) is 18.2 Å². The molecule has 0 fully saturated rings. The maximum Gasteiger partial charge on any atom is 0.233 e. The fourth-order valence-corrected chi connectivity index (χ4v) is 4.17. The van der Waals surface area contributed by atoms with Crippen LogP contribution in [-0.4, -0.2) is 33.7 Å². The lowest BCUT2D eigenvalue weighted by molar-refractivity contribution is -0.116. The molecule has 0 spiro atoms. The van der Waals surface area contributed by atoms with E-state index in [1.54, 1.807) is 24.1 Å². The molecule has 26 heavy (non-hydrogen) atoms. The first kappa shape index (κ1) is 18.3. The van der Waals surface area contributed by atoms with Crippen molar-refractivity contribution in [3.63, 3.8) is 0 Å². The molecule has 2 aromatic carbocycles. The Bertz CT molecular complexity index is 925. The highest BCUT2D eigenvalue weighted by Gasteiger charge is 2.23. The van der Waals surface area contributed by atoms with Crippen molar-refractivity contribution < 1.29 is 17.9 Å². The van der Waals surface area contributed by atoms with Crippen LogP contribution in [0.1, 0.15) is 18.1 Å². The van der Waals surface area contributed by atoms with Gasteiger partial charge >= 0.3 is 0 Å². The number of hydrogen-bond donors (Lipinski definition) is 1. The van der Waals surface area contributed by atoms with Crippen LogP contribution in [0.5, 0.6) is 5.75 Å². The second kappa shape index (κ2) is 7.37. The molecule has 6 nitrogen and oxygen atoms in total. The Morgan fingerprint density at radius 1 is 1.23 bits per heavy atom. The van der Waals surface area contributed by atoms with Gasteiger partial charge in [0.25, 0.3) is 0 Å². The van der Waals surface area contributed by atoms with Gasteiger partial charge in [-0.3, -0.25) is 9.52 Å². The van der Waals surface area contributed by atoms with Crippen LogP contribution in [0.4, 0.5) is 11.4 Å². The Morgan fingerprint density at radius 3 is 2.77 bits per heavy atom. The Kier molecular flexibility index (Phi) is 5.18. The number of rotatable bonds is 6. The Balaban J connectivity index is 1.70. The molecule has 0 bridgehead atoms. The minimum Gasteiger partial charge on any atom is -0.497 e. The van der Waals surface area contributed by atoms with Crippen LogP contribution in [0, 0.1) is 0 Å². The van der Waals surface area contributed by atoms with Crippen LogP contribution in [-0.2, 0) is 27.7 Å². The maximum absolute atomic E-state index is 12.4. The van der Waals surface area contributed by atoms with Crippen molar-refractivity contribution >= 4 is 27.3 Å². The monoisotopic (exact) mass is 374 g/mol. The van der Waals surface area contributed by atoms with E-state index in [0.717, 1.165) is 23.2 Å². The van der Waals surface area contributed by atoms with E-state index in [-0.39, 0.29) is 11.7 Å². The third-order valence-corrected chi connectivity index (χ3v) is 5.72. The summed E-state index contributed by atoms with van der Waals surface area (Å²) in [4.78, 5) is 13.4. The van der Waals surface area contributed by atoms with Crippen molar-refractivity contribution in [3.8, 4) is 5.75 Å². The van der Waals surface area contributed by atoms with Crippen LogP contribution in [0.25, 0.3) is 0 Å². The number of aryl methyl sites for hydroxylation is 1. The molecule has 0 aliphatic carbocycles. The SMILES string of the molecule is COc1cccc(CCS(=O)(=O)Nc2ccc3c(c2)N(C(C)=O)CC3)c1. The Hall–Kier alpha value is -2.54. The van der Waals surface area contributed by atoms with E-state index in [9.17, 15) is 13.2 Å². The zero-order valence-electron chi connectivity index (χ0n) is 14.9. The van der Waals surface area contributed by atoms with E-state index in [1.807, 2.05) is 30.3 Å². The summed E-state index contributed by atoms with van der Waals surface area (Å²) in [5.41, 5.74) is 3.21. The number of benzene rings is 2. The lowest BCUT2D eigenvalue weighted by Crippen LogP contribution is -2.26. The Morgan fingerprint density at radius 2 is 2.04 bits per heavy atom. The van der Waals surface area contributed by atoms with Crippen LogP contribution < -0.4 is 14.4 Å². The lowest BCUT2D eigenvalue weighted by Gasteiger charge is -2.16. The number of hydrogen-bond acceptors (Lipinski definition) is 4. The molecule has 0 atom stereocenters. The molecule has 1 aliphatic heterocycles. The minimum absolute atomic E-state index is 0.0341. The second-order valence-electron chi connectivity index (χ2n) is 6.29. The molecule has 0 radical (unpaired) electrons. The van der Waals surface area contributed by atoms with E-state index in [1.165, 1.54) is 6.92 Å². The molecule has 0 saturated carbocycles. The molecule has 0 unspecified atom stereocenters. The van der Waals surface area contributed by atoms with Gasteiger partial charge in [-0.05, 0) is 48.2 Å². The number of anilines is 2. The summed E-state index contributed by atoms with van der Waals surface area (Å²) in [6, 6.07) is 12.7. The zero-order valence-corrected chi connectivity index (χ0v) is 15.7. The quantitative estimate of drug-likeness (QED) is 0.843. The first-order valence-corrected chi connectivity index (χ1v) is 10.1. The molecule has 0 saturated heterocycles. The molecule has 0 aromatic heterocycles. The smallest absolute Gasteiger partial charge is 0.233 e. The van der Waals surface area contributed by atoms with Crippen molar-refractivity contribution in [1.82, 2.24) is 0 Å². The molecule has 3 rings (SSSR count). The van der Waals surface area contributed by atoms with Gasteiger partial charge in [-0.2, -0.15) is 0 Å². The highest BCUT2D eigenvalue weighted by molar-refractivity contribution is 7.92. The highest BCUT2D eigenvalue weighted by atomic mass is 32.2. The number of amides is 1. The number of nitrogens with zero attached hydrogens (tertiary/aromatic N) is 1. The van der Waals surface area contributed by atoms with Crippen LogP contribution in [0.15, 0.2) is 42.5 Å². The largest absolute Gasteiger partial charge is 0.497 e. The van der Waals surface area contributed by atoms with Crippen LogP contribution in [0.3, 0.4) is 0 Å². The molecule has 138 valence electrons. The molecular formula is C19H22N2O4S. The van der Waals surface area contributed by atoms with E-state index in [0.29, 0.717) is 24.4 Å². The Labute approximate surface area is 153 Å². The maximum atomic E-state index is 12.4. The van der Waals surface area contributed by atoms with Gasteiger partial charge in [-0.15, -0.1) is 0 Å². The van der Waals surface area contributed by atoms with E-state index >= 15 is 0 Å². The fourth-order valence-electron chi connectivity index (χ4n) is 3.08. The summed E-state index contributed by atoms with van der Waals surface area (Å²) < 4.78 is 32.6. The van der Waals surface area contributed by atoms with Gasteiger partial charge in [0.05, 0.1) is 18.6 Å². The number of nitrogens with one attached hydrogen (secondary N) is 1. The number of sulfonamides is 1. The second-order valence-corrected chi connectivity index (χ2v) is 8.13. The first-order valence-electron chi connectivity index (χ1n) is 8.42. The highest BCUT2D eigenvalue weighted by Crippen LogP contribution is 2.31. The first-order chi connectivity index (χ1) is 12.4. The summed E-state index contributed by atoms with van der Waals surface area (Å²) in [5.74, 6) is 0.630.